The summed E-state index contributed by atoms with van der Waals surface area (Å²) in [6.45, 7) is 4.93. The number of hydrogen-bond donors (Lipinski definition) is 0. The fourth-order valence-corrected chi connectivity index (χ4v) is 11.6. The summed E-state index contributed by atoms with van der Waals surface area (Å²) in [5.74, 6) is 2.05. The monoisotopic (exact) mass is 693 g/mol. The van der Waals surface area contributed by atoms with Gasteiger partial charge in [-0.3, -0.25) is 0 Å². The van der Waals surface area contributed by atoms with E-state index in [2.05, 4.69) is 183 Å². The van der Waals surface area contributed by atoms with Crippen molar-refractivity contribution < 1.29 is 0 Å². The lowest BCUT2D eigenvalue weighted by Crippen LogP contribution is -2.50. The van der Waals surface area contributed by atoms with Crippen LogP contribution in [0, 0.1) is 0 Å². The molecular formula is C49H35N3Si. The van der Waals surface area contributed by atoms with E-state index >= 15 is 0 Å². The van der Waals surface area contributed by atoms with Gasteiger partial charge in [0.2, 0.25) is 0 Å². The van der Waals surface area contributed by atoms with E-state index in [0.29, 0.717) is 17.5 Å². The molecule has 0 saturated heterocycles. The van der Waals surface area contributed by atoms with Crippen molar-refractivity contribution in [2.75, 3.05) is 0 Å². The van der Waals surface area contributed by atoms with Crippen LogP contribution < -0.4 is 10.4 Å². The first kappa shape index (κ1) is 31.3. The van der Waals surface area contributed by atoms with Gasteiger partial charge < -0.3 is 0 Å². The maximum atomic E-state index is 5.30. The Kier molecular flexibility index (Phi) is 7.27. The molecule has 0 aliphatic carbocycles. The highest BCUT2D eigenvalue weighted by atomic mass is 28.3. The summed E-state index contributed by atoms with van der Waals surface area (Å²) in [5, 5.41) is 7.74. The molecule has 1 aliphatic heterocycles. The quantitative estimate of drug-likeness (QED) is 0.168. The van der Waals surface area contributed by atoms with E-state index in [4.69, 9.17) is 15.0 Å². The van der Waals surface area contributed by atoms with Gasteiger partial charge in [0.15, 0.2) is 17.5 Å². The summed E-state index contributed by atoms with van der Waals surface area (Å²) in [5.41, 5.74) is 10.4. The standard InChI is InChI=1S/C49H35N3Si/c1-53(2)45-31-37-17-10-9-16-36(37)30-44(45)42-18-11-19-43(46(42)53)49-51-47(35-22-20-34(21-23-35)32-12-5-3-6-13-32)50-48(52-49)41-27-26-39-28-38(24-25-40(39)29-41)33-14-7-4-8-15-33/h3-31H,1-2H3. The van der Waals surface area contributed by atoms with Gasteiger partial charge in [0, 0.05) is 16.7 Å². The molecule has 0 bridgehead atoms. The third-order valence-electron chi connectivity index (χ3n) is 10.9. The van der Waals surface area contributed by atoms with Crippen molar-refractivity contribution in [2.24, 2.45) is 0 Å². The minimum absolute atomic E-state index is 0.669. The molecule has 0 saturated carbocycles. The van der Waals surface area contributed by atoms with E-state index in [1.807, 2.05) is 6.07 Å². The van der Waals surface area contributed by atoms with Crippen LogP contribution in [0.2, 0.25) is 13.1 Å². The van der Waals surface area contributed by atoms with Crippen LogP contribution in [-0.2, 0) is 0 Å². The molecule has 2 heterocycles. The van der Waals surface area contributed by atoms with Crippen LogP contribution in [-0.4, -0.2) is 23.0 Å². The molecule has 0 N–H and O–H groups in total. The maximum absolute atomic E-state index is 5.30. The zero-order valence-corrected chi connectivity index (χ0v) is 30.6. The van der Waals surface area contributed by atoms with Crippen LogP contribution in [0.4, 0.5) is 0 Å². The highest BCUT2D eigenvalue weighted by Crippen LogP contribution is 2.36. The van der Waals surface area contributed by atoms with Crippen molar-refractivity contribution in [2.45, 2.75) is 13.1 Å². The molecule has 8 aromatic carbocycles. The average Bonchev–Trinajstić information content (AvgIpc) is 3.45. The first-order valence-corrected chi connectivity index (χ1v) is 21.2. The van der Waals surface area contributed by atoms with Gasteiger partial charge in [-0.05, 0) is 83.5 Å². The molecule has 4 heteroatoms. The van der Waals surface area contributed by atoms with Gasteiger partial charge in [0.05, 0.1) is 0 Å². The van der Waals surface area contributed by atoms with Crippen molar-refractivity contribution in [3.63, 3.8) is 0 Å². The van der Waals surface area contributed by atoms with Crippen molar-refractivity contribution in [3.05, 3.63) is 176 Å². The molecule has 0 atom stereocenters. The summed E-state index contributed by atoms with van der Waals surface area (Å²) in [6, 6.07) is 62.9. The Morgan fingerprint density at radius 1 is 0.321 bits per heavy atom. The molecular weight excluding hydrogens is 659 g/mol. The molecule has 0 amide bonds. The van der Waals surface area contributed by atoms with E-state index < -0.39 is 8.07 Å². The molecule has 9 aromatic rings. The number of rotatable bonds is 5. The molecule has 10 rings (SSSR count). The lowest BCUT2D eigenvalue weighted by atomic mass is 9.99. The van der Waals surface area contributed by atoms with E-state index in [0.717, 1.165) is 27.6 Å². The van der Waals surface area contributed by atoms with Crippen molar-refractivity contribution in [1.82, 2.24) is 15.0 Å². The number of fused-ring (bicyclic) bond motifs is 5. The minimum Gasteiger partial charge on any atom is -0.208 e. The summed E-state index contributed by atoms with van der Waals surface area (Å²) in [7, 11) is -2.13. The second-order valence-corrected chi connectivity index (χ2v) is 18.8. The van der Waals surface area contributed by atoms with Gasteiger partial charge in [0.1, 0.15) is 8.07 Å². The van der Waals surface area contributed by atoms with E-state index in [1.54, 1.807) is 0 Å². The van der Waals surface area contributed by atoms with Gasteiger partial charge in [-0.15, -0.1) is 0 Å². The number of hydrogen-bond acceptors (Lipinski definition) is 3. The van der Waals surface area contributed by atoms with Gasteiger partial charge in [-0.2, -0.15) is 0 Å². The largest absolute Gasteiger partial charge is 0.208 e. The van der Waals surface area contributed by atoms with E-state index in [-0.39, 0.29) is 0 Å². The Morgan fingerprint density at radius 3 is 1.49 bits per heavy atom. The zero-order valence-electron chi connectivity index (χ0n) is 29.6. The van der Waals surface area contributed by atoms with Gasteiger partial charge in [-0.25, -0.2) is 15.0 Å². The Balaban J connectivity index is 1.14. The first-order chi connectivity index (χ1) is 26.0. The Bertz CT molecular complexity index is 2850. The van der Waals surface area contributed by atoms with Crippen LogP contribution in [0.3, 0.4) is 0 Å². The first-order valence-electron chi connectivity index (χ1n) is 18.2. The smallest absolute Gasteiger partial charge is 0.164 e. The summed E-state index contributed by atoms with van der Waals surface area (Å²) >= 11 is 0. The molecule has 53 heavy (non-hydrogen) atoms. The number of nitrogens with zero attached hydrogens (tertiary/aromatic N) is 3. The summed E-state index contributed by atoms with van der Waals surface area (Å²) < 4.78 is 0. The highest BCUT2D eigenvalue weighted by Gasteiger charge is 2.40. The SMILES string of the molecule is C[Si]1(C)c2cc3ccccc3cc2-c2cccc(-c3nc(-c4ccc(-c5ccccc5)cc4)nc(-c4ccc5cc(-c6ccccc6)ccc5c4)n3)c21. The van der Waals surface area contributed by atoms with E-state index in [1.165, 1.54) is 54.3 Å². The van der Waals surface area contributed by atoms with Gasteiger partial charge in [-0.1, -0.05) is 171 Å². The molecule has 0 unspecified atom stereocenters. The lowest BCUT2D eigenvalue weighted by molar-refractivity contribution is 1.08. The maximum Gasteiger partial charge on any atom is 0.164 e. The Labute approximate surface area is 310 Å². The second kappa shape index (κ2) is 12.3. The Morgan fingerprint density at radius 2 is 0.792 bits per heavy atom. The number of aromatic nitrogens is 3. The molecule has 0 radical (unpaired) electrons. The van der Waals surface area contributed by atoms with Crippen LogP contribution in [0.25, 0.3) is 89.1 Å². The van der Waals surface area contributed by atoms with Gasteiger partial charge in [0.25, 0.3) is 0 Å². The minimum atomic E-state index is -2.13. The summed E-state index contributed by atoms with van der Waals surface area (Å²) in [4.78, 5) is 15.7. The highest BCUT2D eigenvalue weighted by molar-refractivity contribution is 7.04. The van der Waals surface area contributed by atoms with Crippen molar-refractivity contribution in [3.8, 4) is 67.5 Å². The number of benzene rings is 8. The molecule has 3 nitrogen and oxygen atoms in total. The molecule has 0 fully saturated rings. The van der Waals surface area contributed by atoms with Gasteiger partial charge >= 0.3 is 0 Å². The van der Waals surface area contributed by atoms with E-state index in [9.17, 15) is 0 Å². The predicted octanol–water partition coefficient (Wildman–Crippen LogP) is 11.3. The van der Waals surface area contributed by atoms with Crippen LogP contribution in [0.1, 0.15) is 0 Å². The van der Waals surface area contributed by atoms with Crippen LogP contribution >= 0.6 is 0 Å². The molecule has 1 aliphatic rings. The molecule has 1 aromatic heterocycles. The lowest BCUT2D eigenvalue weighted by Gasteiger charge is -2.22. The molecule has 250 valence electrons. The van der Waals surface area contributed by atoms with Crippen molar-refractivity contribution >= 4 is 40.0 Å². The van der Waals surface area contributed by atoms with Crippen LogP contribution in [0.15, 0.2) is 176 Å². The normalized spacial score (nSPS) is 12.9. The van der Waals surface area contributed by atoms with Crippen molar-refractivity contribution in [1.29, 1.82) is 0 Å². The third kappa shape index (κ3) is 5.38. The Hall–Kier alpha value is -6.49. The second-order valence-electron chi connectivity index (χ2n) is 14.5. The zero-order chi connectivity index (χ0) is 35.5. The summed E-state index contributed by atoms with van der Waals surface area (Å²) in [6.07, 6.45) is 0. The molecule has 0 spiro atoms. The van der Waals surface area contributed by atoms with Crippen LogP contribution in [0.5, 0.6) is 0 Å². The average molecular weight is 694 g/mol. The fourth-order valence-electron chi connectivity index (χ4n) is 8.14. The predicted molar refractivity (Wildman–Crippen MR) is 224 cm³/mol. The third-order valence-corrected chi connectivity index (χ3v) is 14.4. The fraction of sp³-hybridized carbons (Fsp3) is 0.0408. The topological polar surface area (TPSA) is 38.7 Å².